The number of rotatable bonds is 7. The van der Waals surface area contributed by atoms with Gasteiger partial charge in [-0.3, -0.25) is 4.79 Å². The van der Waals surface area contributed by atoms with E-state index in [1.165, 1.54) is 4.68 Å². The molecule has 0 saturated heterocycles. The highest BCUT2D eigenvalue weighted by Crippen LogP contribution is 2.22. The van der Waals surface area contributed by atoms with Gasteiger partial charge in [0.05, 0.1) is 27.3 Å². The highest BCUT2D eigenvalue weighted by Gasteiger charge is 2.10. The highest BCUT2D eigenvalue weighted by molar-refractivity contribution is 14.1. The fourth-order valence-electron chi connectivity index (χ4n) is 2.72. The number of hydrogen-bond donors (Lipinski definition) is 0. The Bertz CT molecular complexity index is 1180. The molecule has 3 aromatic rings. The smallest absolute Gasteiger partial charge is 0.344 e. The highest BCUT2D eigenvalue weighted by atomic mass is 127. The fourth-order valence-corrected chi connectivity index (χ4v) is 3.78. The Labute approximate surface area is 195 Å². The van der Waals surface area contributed by atoms with Crippen LogP contribution in [0.5, 0.6) is 5.75 Å². The molecular weight excluding hydrogens is 565 g/mol. The summed E-state index contributed by atoms with van der Waals surface area (Å²) in [7, 11) is 0. The van der Waals surface area contributed by atoms with Crippen LogP contribution in [-0.2, 0) is 16.0 Å². The van der Waals surface area contributed by atoms with Crippen molar-refractivity contribution in [2.45, 2.75) is 20.3 Å². The van der Waals surface area contributed by atoms with Gasteiger partial charge >= 0.3 is 5.97 Å². The molecule has 3 rings (SSSR count). The Kier molecular flexibility index (Phi) is 7.59. The van der Waals surface area contributed by atoms with Crippen molar-refractivity contribution in [3.63, 3.8) is 0 Å². The third-order valence-corrected chi connectivity index (χ3v) is 5.46. The van der Waals surface area contributed by atoms with Crippen molar-refractivity contribution in [2.75, 3.05) is 13.2 Å². The number of ether oxygens (including phenoxy) is 2. The van der Waals surface area contributed by atoms with E-state index in [4.69, 9.17) is 9.47 Å². The second-order valence-electron chi connectivity index (χ2n) is 6.19. The summed E-state index contributed by atoms with van der Waals surface area (Å²) in [5.74, 6) is 0.737. The molecule has 1 aromatic heterocycles. The SMILES string of the molecule is CCOC(=O)COc1ccc(C=Nn2c(CC)nc3ccc(Br)cc3c2=O)cc1I. The largest absolute Gasteiger partial charge is 0.481 e. The molecule has 0 aliphatic rings. The molecule has 0 atom stereocenters. The number of fused-ring (bicyclic) bond motifs is 1. The van der Waals surface area contributed by atoms with Crippen molar-refractivity contribution in [3.8, 4) is 5.75 Å². The molecule has 0 radical (unpaired) electrons. The van der Waals surface area contributed by atoms with Crippen LogP contribution >= 0.6 is 38.5 Å². The summed E-state index contributed by atoms with van der Waals surface area (Å²) in [6.45, 7) is 3.84. The van der Waals surface area contributed by atoms with E-state index in [1.54, 1.807) is 31.3 Å². The second kappa shape index (κ2) is 10.2. The first-order chi connectivity index (χ1) is 14.4. The molecule has 30 heavy (non-hydrogen) atoms. The molecule has 0 saturated carbocycles. The molecule has 0 aliphatic carbocycles. The molecule has 2 aromatic carbocycles. The number of carbonyl (C=O) groups is 1. The van der Waals surface area contributed by atoms with Gasteiger partial charge in [0.1, 0.15) is 11.6 Å². The quantitative estimate of drug-likeness (QED) is 0.237. The van der Waals surface area contributed by atoms with E-state index in [1.807, 2.05) is 25.1 Å². The zero-order valence-electron chi connectivity index (χ0n) is 16.4. The Hall–Kier alpha value is -2.27. The van der Waals surface area contributed by atoms with E-state index < -0.39 is 5.97 Å². The van der Waals surface area contributed by atoms with Gasteiger partial charge in [0.2, 0.25) is 0 Å². The van der Waals surface area contributed by atoms with Crippen LogP contribution in [0.1, 0.15) is 25.2 Å². The summed E-state index contributed by atoms with van der Waals surface area (Å²) < 4.78 is 13.3. The van der Waals surface area contributed by atoms with Gasteiger partial charge in [-0.1, -0.05) is 22.9 Å². The van der Waals surface area contributed by atoms with Crippen LogP contribution in [0.3, 0.4) is 0 Å². The minimum absolute atomic E-state index is 0.148. The lowest BCUT2D eigenvalue weighted by atomic mass is 10.2. The molecule has 0 unspecified atom stereocenters. The topological polar surface area (TPSA) is 82.8 Å². The fraction of sp³-hybridized carbons (Fsp3) is 0.238. The van der Waals surface area contributed by atoms with E-state index in [-0.39, 0.29) is 12.2 Å². The number of benzene rings is 2. The van der Waals surface area contributed by atoms with E-state index in [0.717, 1.165) is 13.6 Å². The maximum Gasteiger partial charge on any atom is 0.344 e. The van der Waals surface area contributed by atoms with Crippen LogP contribution in [0.25, 0.3) is 10.9 Å². The van der Waals surface area contributed by atoms with Crippen LogP contribution in [0, 0.1) is 3.57 Å². The summed E-state index contributed by atoms with van der Waals surface area (Å²) in [5, 5.41) is 4.88. The molecule has 0 N–H and O–H groups in total. The van der Waals surface area contributed by atoms with Gasteiger partial charge in [0, 0.05) is 10.9 Å². The molecule has 0 aliphatic heterocycles. The molecule has 0 fully saturated rings. The Morgan fingerprint density at radius 1 is 1.27 bits per heavy atom. The van der Waals surface area contributed by atoms with Crippen molar-refractivity contribution in [2.24, 2.45) is 5.10 Å². The predicted molar refractivity (Wildman–Crippen MR) is 127 cm³/mol. The number of carbonyl (C=O) groups excluding carboxylic acids is 1. The summed E-state index contributed by atoms with van der Waals surface area (Å²) in [6.07, 6.45) is 2.17. The number of hydrogen-bond acceptors (Lipinski definition) is 6. The third kappa shape index (κ3) is 5.25. The lowest BCUT2D eigenvalue weighted by Crippen LogP contribution is -2.22. The monoisotopic (exact) mass is 583 g/mol. The number of halogens is 2. The average Bonchev–Trinajstić information content (AvgIpc) is 2.73. The maximum atomic E-state index is 12.9. The van der Waals surface area contributed by atoms with Gasteiger partial charge in [-0.05, 0) is 71.5 Å². The van der Waals surface area contributed by atoms with Crippen molar-refractivity contribution < 1.29 is 14.3 Å². The molecule has 0 spiro atoms. The summed E-state index contributed by atoms with van der Waals surface area (Å²) in [5.41, 5.74) is 1.20. The Morgan fingerprint density at radius 2 is 2.07 bits per heavy atom. The average molecular weight is 584 g/mol. The summed E-state index contributed by atoms with van der Waals surface area (Å²) >= 11 is 5.51. The van der Waals surface area contributed by atoms with Gasteiger partial charge in [-0.2, -0.15) is 9.78 Å². The molecule has 0 amide bonds. The van der Waals surface area contributed by atoms with E-state index in [0.29, 0.717) is 35.5 Å². The molecule has 156 valence electrons. The zero-order chi connectivity index (χ0) is 21.7. The predicted octanol–water partition coefficient (Wildman–Crippen LogP) is 4.15. The molecule has 1 heterocycles. The number of aryl methyl sites for hydroxylation is 1. The lowest BCUT2D eigenvalue weighted by molar-refractivity contribution is -0.145. The summed E-state index contributed by atoms with van der Waals surface area (Å²) in [4.78, 5) is 28.9. The van der Waals surface area contributed by atoms with Crippen LogP contribution < -0.4 is 10.3 Å². The number of aromatic nitrogens is 2. The van der Waals surface area contributed by atoms with E-state index >= 15 is 0 Å². The van der Waals surface area contributed by atoms with Gasteiger partial charge in [-0.25, -0.2) is 9.78 Å². The minimum Gasteiger partial charge on any atom is -0.481 e. The zero-order valence-corrected chi connectivity index (χ0v) is 20.1. The van der Waals surface area contributed by atoms with E-state index in [9.17, 15) is 9.59 Å². The molecule has 9 heteroatoms. The van der Waals surface area contributed by atoms with E-state index in [2.05, 4.69) is 48.6 Å². The van der Waals surface area contributed by atoms with Crippen molar-refractivity contribution >= 4 is 61.6 Å². The van der Waals surface area contributed by atoms with Gasteiger partial charge in [-0.15, -0.1) is 0 Å². The normalized spacial score (nSPS) is 11.2. The van der Waals surface area contributed by atoms with Gasteiger partial charge in [0.15, 0.2) is 6.61 Å². The van der Waals surface area contributed by atoms with Gasteiger partial charge < -0.3 is 9.47 Å². The van der Waals surface area contributed by atoms with Crippen molar-refractivity contribution in [1.29, 1.82) is 0 Å². The van der Waals surface area contributed by atoms with Crippen molar-refractivity contribution in [3.05, 3.63) is 66.2 Å². The van der Waals surface area contributed by atoms with Gasteiger partial charge in [0.25, 0.3) is 5.56 Å². The maximum absolute atomic E-state index is 12.9. The van der Waals surface area contributed by atoms with Crippen LogP contribution in [-0.4, -0.2) is 35.1 Å². The first kappa shape index (κ1) is 22.4. The molecule has 0 bridgehead atoms. The lowest BCUT2D eigenvalue weighted by Gasteiger charge is -2.09. The number of nitrogens with zero attached hydrogens (tertiary/aromatic N) is 3. The Balaban J connectivity index is 1.87. The standard InChI is InChI=1S/C21H19BrIN3O4/c1-3-19-25-17-7-6-14(22)10-15(17)21(28)26(19)24-11-13-5-8-18(16(23)9-13)30-12-20(27)29-4-2/h5-11H,3-4,12H2,1-2H3. The summed E-state index contributed by atoms with van der Waals surface area (Å²) in [6, 6.07) is 10.8. The van der Waals surface area contributed by atoms with Crippen LogP contribution in [0.2, 0.25) is 0 Å². The Morgan fingerprint density at radius 3 is 2.77 bits per heavy atom. The molecule has 7 nitrogen and oxygen atoms in total. The third-order valence-electron chi connectivity index (χ3n) is 4.12. The minimum atomic E-state index is -0.416. The first-order valence-corrected chi connectivity index (χ1v) is 11.1. The second-order valence-corrected chi connectivity index (χ2v) is 8.27. The first-order valence-electron chi connectivity index (χ1n) is 9.26. The van der Waals surface area contributed by atoms with Crippen molar-refractivity contribution in [1.82, 2.24) is 9.66 Å². The van der Waals surface area contributed by atoms with Crippen LogP contribution in [0.4, 0.5) is 0 Å². The number of esters is 1. The van der Waals surface area contributed by atoms with Crippen LogP contribution in [0.15, 0.2) is 50.8 Å². The molecular formula is C21H19BrIN3O4.